The van der Waals surface area contributed by atoms with Crippen LogP contribution in [0, 0.1) is 0 Å². The van der Waals surface area contributed by atoms with Gasteiger partial charge < -0.3 is 9.72 Å². The Hall–Kier alpha value is -2.43. The Kier molecular flexibility index (Phi) is 3.00. The van der Waals surface area contributed by atoms with Crippen molar-refractivity contribution in [1.82, 2.24) is 9.97 Å². The largest absolute Gasteiger partial charge is 0.464 e. The third-order valence-corrected chi connectivity index (χ3v) is 2.30. The van der Waals surface area contributed by atoms with Crippen molar-refractivity contribution in [2.24, 2.45) is 0 Å². The highest BCUT2D eigenvalue weighted by Crippen LogP contribution is 2.20. The van der Waals surface area contributed by atoms with Gasteiger partial charge in [-0.15, -0.1) is 0 Å². The van der Waals surface area contributed by atoms with E-state index in [-0.39, 0.29) is 11.3 Å². The Balaban J connectivity index is 2.62. The molecule has 2 aromatic rings. The molecule has 2 rings (SSSR count). The lowest BCUT2D eigenvalue weighted by Crippen LogP contribution is -2.14. The normalized spacial score (nSPS) is 9.94. The monoisotopic (exact) mass is 230 g/mol. The second-order valence-electron chi connectivity index (χ2n) is 3.34. The van der Waals surface area contributed by atoms with Gasteiger partial charge in [-0.1, -0.05) is 0 Å². The van der Waals surface area contributed by atoms with E-state index in [1.54, 1.807) is 30.6 Å². The van der Waals surface area contributed by atoms with Gasteiger partial charge in [0.15, 0.2) is 0 Å². The van der Waals surface area contributed by atoms with Crippen LogP contribution in [0.2, 0.25) is 0 Å². The molecule has 0 radical (unpaired) electrons. The number of esters is 1. The van der Waals surface area contributed by atoms with Crippen LogP contribution < -0.4 is 5.56 Å². The van der Waals surface area contributed by atoms with E-state index in [2.05, 4.69) is 14.7 Å². The summed E-state index contributed by atoms with van der Waals surface area (Å²) >= 11 is 0. The Morgan fingerprint density at radius 2 is 1.94 bits per heavy atom. The van der Waals surface area contributed by atoms with Crippen LogP contribution in [0.1, 0.15) is 10.5 Å². The summed E-state index contributed by atoms with van der Waals surface area (Å²) in [6.45, 7) is 0. The number of aromatic amines is 1. The molecule has 1 N–H and O–H groups in total. The number of pyridine rings is 2. The molecule has 5 nitrogen and oxygen atoms in total. The average Bonchev–Trinajstić information content (AvgIpc) is 2.38. The zero-order valence-electron chi connectivity index (χ0n) is 9.14. The van der Waals surface area contributed by atoms with Crippen molar-refractivity contribution < 1.29 is 9.53 Å². The molecule has 0 unspecified atom stereocenters. The van der Waals surface area contributed by atoms with E-state index in [0.717, 1.165) is 5.56 Å². The Labute approximate surface area is 97.1 Å². The molecule has 0 saturated heterocycles. The lowest BCUT2D eigenvalue weighted by atomic mass is 10.1. The van der Waals surface area contributed by atoms with Crippen molar-refractivity contribution in [3.05, 3.63) is 52.7 Å². The van der Waals surface area contributed by atoms with Gasteiger partial charge in [0.05, 0.1) is 7.11 Å². The van der Waals surface area contributed by atoms with E-state index in [1.165, 1.54) is 13.2 Å². The zero-order chi connectivity index (χ0) is 12.3. The third-order valence-electron chi connectivity index (χ3n) is 2.30. The number of carbonyl (C=O) groups excluding carboxylic acids is 1. The molecule has 0 bridgehead atoms. The number of hydrogen-bond donors (Lipinski definition) is 1. The summed E-state index contributed by atoms with van der Waals surface area (Å²) in [5.74, 6) is -0.575. The molecule has 2 aromatic heterocycles. The van der Waals surface area contributed by atoms with Crippen molar-refractivity contribution >= 4 is 5.97 Å². The van der Waals surface area contributed by atoms with Gasteiger partial charge in [0, 0.05) is 24.0 Å². The topological polar surface area (TPSA) is 72.1 Å². The van der Waals surface area contributed by atoms with Gasteiger partial charge in [-0.3, -0.25) is 9.78 Å². The van der Waals surface area contributed by atoms with Crippen molar-refractivity contribution in [2.45, 2.75) is 0 Å². The number of rotatable bonds is 2. The van der Waals surface area contributed by atoms with Crippen LogP contribution in [0.15, 0.2) is 41.5 Å². The SMILES string of the molecule is COC(=O)c1[nH]c(=O)ccc1-c1ccncc1. The van der Waals surface area contributed by atoms with Crippen molar-refractivity contribution in [3.63, 3.8) is 0 Å². The summed E-state index contributed by atoms with van der Waals surface area (Å²) in [6, 6.07) is 6.45. The smallest absolute Gasteiger partial charge is 0.355 e. The minimum Gasteiger partial charge on any atom is -0.464 e. The van der Waals surface area contributed by atoms with E-state index < -0.39 is 5.97 Å². The third kappa shape index (κ3) is 2.23. The first-order valence-electron chi connectivity index (χ1n) is 4.94. The number of H-pyrrole nitrogens is 1. The number of nitrogens with one attached hydrogen (secondary N) is 1. The Morgan fingerprint density at radius 1 is 1.24 bits per heavy atom. The van der Waals surface area contributed by atoms with Crippen LogP contribution in [-0.4, -0.2) is 23.0 Å². The van der Waals surface area contributed by atoms with Crippen LogP contribution in [0.4, 0.5) is 0 Å². The molecule has 0 spiro atoms. The maximum Gasteiger partial charge on any atom is 0.355 e. The van der Waals surface area contributed by atoms with Crippen molar-refractivity contribution in [3.8, 4) is 11.1 Å². The van der Waals surface area contributed by atoms with Gasteiger partial charge in [0.25, 0.3) is 0 Å². The molecule has 0 aromatic carbocycles. The fourth-order valence-electron chi connectivity index (χ4n) is 1.51. The summed E-state index contributed by atoms with van der Waals surface area (Å²) in [5, 5.41) is 0. The number of ether oxygens (including phenoxy) is 1. The van der Waals surface area contributed by atoms with E-state index in [4.69, 9.17) is 0 Å². The minimum atomic E-state index is -0.575. The van der Waals surface area contributed by atoms with Gasteiger partial charge in [-0.05, 0) is 23.8 Å². The summed E-state index contributed by atoms with van der Waals surface area (Å²) in [6.07, 6.45) is 3.23. The molecule has 0 saturated carbocycles. The van der Waals surface area contributed by atoms with E-state index in [9.17, 15) is 9.59 Å². The quantitative estimate of drug-likeness (QED) is 0.787. The molecule has 2 heterocycles. The van der Waals surface area contributed by atoms with E-state index in [1.807, 2.05) is 0 Å². The second kappa shape index (κ2) is 4.61. The van der Waals surface area contributed by atoms with Gasteiger partial charge >= 0.3 is 5.97 Å². The van der Waals surface area contributed by atoms with Gasteiger partial charge in [-0.25, -0.2) is 4.79 Å². The van der Waals surface area contributed by atoms with Gasteiger partial charge in [0.2, 0.25) is 5.56 Å². The lowest BCUT2D eigenvalue weighted by molar-refractivity contribution is 0.0594. The van der Waals surface area contributed by atoms with Crippen LogP contribution in [0.5, 0.6) is 0 Å². The second-order valence-corrected chi connectivity index (χ2v) is 3.34. The maximum atomic E-state index is 11.6. The van der Waals surface area contributed by atoms with Crippen LogP contribution >= 0.6 is 0 Å². The zero-order valence-corrected chi connectivity index (χ0v) is 9.14. The summed E-state index contributed by atoms with van der Waals surface area (Å²) < 4.78 is 4.63. The van der Waals surface area contributed by atoms with Gasteiger partial charge in [-0.2, -0.15) is 0 Å². The molecule has 86 valence electrons. The van der Waals surface area contributed by atoms with Crippen LogP contribution in [0.3, 0.4) is 0 Å². The highest BCUT2D eigenvalue weighted by Gasteiger charge is 2.13. The maximum absolute atomic E-state index is 11.6. The molecule has 0 aliphatic heterocycles. The first-order valence-corrected chi connectivity index (χ1v) is 4.94. The van der Waals surface area contributed by atoms with E-state index in [0.29, 0.717) is 5.56 Å². The first-order chi connectivity index (χ1) is 8.22. The molecule has 17 heavy (non-hydrogen) atoms. The lowest BCUT2D eigenvalue weighted by Gasteiger charge is -2.06. The molecular weight excluding hydrogens is 220 g/mol. The van der Waals surface area contributed by atoms with E-state index >= 15 is 0 Å². The van der Waals surface area contributed by atoms with Crippen LogP contribution in [-0.2, 0) is 4.74 Å². The fraction of sp³-hybridized carbons (Fsp3) is 0.0833. The number of methoxy groups -OCH3 is 1. The number of aromatic nitrogens is 2. The van der Waals surface area contributed by atoms with Crippen LogP contribution in [0.25, 0.3) is 11.1 Å². The van der Waals surface area contributed by atoms with Crippen molar-refractivity contribution in [2.75, 3.05) is 7.11 Å². The summed E-state index contributed by atoms with van der Waals surface area (Å²) in [7, 11) is 1.27. The van der Waals surface area contributed by atoms with Crippen molar-refractivity contribution in [1.29, 1.82) is 0 Å². The minimum absolute atomic E-state index is 0.145. The standard InChI is InChI=1S/C12H10N2O3/c1-17-12(16)11-9(2-3-10(15)14-11)8-4-6-13-7-5-8/h2-7H,1H3,(H,14,15). The molecule has 5 heteroatoms. The highest BCUT2D eigenvalue weighted by atomic mass is 16.5. The Morgan fingerprint density at radius 3 is 2.59 bits per heavy atom. The number of carbonyl (C=O) groups is 1. The predicted molar refractivity (Wildman–Crippen MR) is 61.6 cm³/mol. The highest BCUT2D eigenvalue weighted by molar-refractivity contribution is 5.94. The summed E-state index contributed by atoms with van der Waals surface area (Å²) in [4.78, 5) is 29.1. The van der Waals surface area contributed by atoms with Gasteiger partial charge in [0.1, 0.15) is 5.69 Å². The molecular formula is C12H10N2O3. The molecule has 0 aliphatic carbocycles. The fourth-order valence-corrected chi connectivity index (χ4v) is 1.51. The molecule has 0 fully saturated rings. The molecule has 0 aliphatic rings. The summed E-state index contributed by atoms with van der Waals surface area (Å²) in [5.41, 5.74) is 1.20. The predicted octanol–water partition coefficient (Wildman–Crippen LogP) is 1.22. The molecule has 0 amide bonds. The average molecular weight is 230 g/mol. The Bertz CT molecular complexity index is 590. The number of nitrogens with zero attached hydrogens (tertiary/aromatic N) is 1. The molecule has 0 atom stereocenters. The number of hydrogen-bond acceptors (Lipinski definition) is 4. The first kappa shape index (κ1) is 11.1.